The van der Waals surface area contributed by atoms with E-state index in [2.05, 4.69) is 17.1 Å². The van der Waals surface area contributed by atoms with Crippen molar-refractivity contribution < 1.29 is 17.9 Å². The highest BCUT2D eigenvalue weighted by Crippen LogP contribution is 2.29. The molecule has 34 heavy (non-hydrogen) atoms. The zero-order valence-corrected chi connectivity index (χ0v) is 21.4. The molecule has 0 saturated heterocycles. The summed E-state index contributed by atoms with van der Waals surface area (Å²) in [6.45, 7) is 7.77. The number of rotatable bonds is 8. The van der Waals surface area contributed by atoms with Gasteiger partial charge in [0.05, 0.1) is 18.0 Å². The molecule has 1 aliphatic rings. The molecule has 2 amide bonds. The lowest BCUT2D eigenvalue weighted by Crippen LogP contribution is -2.40. The van der Waals surface area contributed by atoms with Crippen LogP contribution in [-0.2, 0) is 21.3 Å². The fourth-order valence-electron chi connectivity index (χ4n) is 3.88. The molecule has 0 aromatic heterocycles. The Hall–Kier alpha value is -2.98. The number of carbonyl (C=O) groups excluding carboxylic acids is 1. The average Bonchev–Trinajstić information content (AvgIpc) is 3.16. The van der Waals surface area contributed by atoms with Crippen LogP contribution in [0, 0.1) is 0 Å². The van der Waals surface area contributed by atoms with Gasteiger partial charge in [-0.05, 0) is 43.3 Å². The third-order valence-corrected chi connectivity index (χ3v) is 7.49. The van der Waals surface area contributed by atoms with Crippen LogP contribution < -0.4 is 10.0 Å². The second kappa shape index (κ2) is 10.5. The number of amidine groups is 1. The molecule has 1 atom stereocenters. The van der Waals surface area contributed by atoms with Gasteiger partial charge in [-0.15, -0.1) is 0 Å². The Bertz CT molecular complexity index is 1200. The fraction of sp³-hybridized carbons (Fsp3) is 0.375. The number of thiocarbonyl (C=S) groups is 1. The second-order valence-corrected chi connectivity index (χ2v) is 10.1. The zero-order valence-electron chi connectivity index (χ0n) is 19.8. The van der Waals surface area contributed by atoms with Crippen molar-refractivity contribution >= 4 is 39.2 Å². The number of hydrogen-bond donors (Lipinski definition) is 2. The molecular weight excluding hydrogens is 472 g/mol. The van der Waals surface area contributed by atoms with Crippen molar-refractivity contribution in [2.24, 2.45) is 4.99 Å². The molecule has 1 aliphatic heterocycles. The summed E-state index contributed by atoms with van der Waals surface area (Å²) in [7, 11) is -2.67. The lowest BCUT2D eigenvalue weighted by Gasteiger charge is -2.25. The van der Waals surface area contributed by atoms with Crippen molar-refractivity contribution in [2.75, 3.05) is 20.2 Å². The van der Waals surface area contributed by atoms with Gasteiger partial charge in [0.15, 0.2) is 5.05 Å². The lowest BCUT2D eigenvalue weighted by atomic mass is 10.0. The SMILES string of the molecule is CCOC(=S)C1(C)CN(Cc2ccc(-c3ccccc3S(=O)(=O)NC(=O)NC)cc2)C(CC)=N1. The number of urea groups is 1. The van der Waals surface area contributed by atoms with Gasteiger partial charge in [0.25, 0.3) is 10.0 Å². The van der Waals surface area contributed by atoms with Crippen molar-refractivity contribution in [3.05, 3.63) is 54.1 Å². The number of ether oxygens (including phenoxy) is 1. The Morgan fingerprint density at radius 3 is 2.47 bits per heavy atom. The van der Waals surface area contributed by atoms with Crippen molar-refractivity contribution in [3.63, 3.8) is 0 Å². The molecule has 0 radical (unpaired) electrons. The molecule has 10 heteroatoms. The quantitative estimate of drug-likeness (QED) is 0.534. The summed E-state index contributed by atoms with van der Waals surface area (Å²) < 4.78 is 33.0. The first kappa shape index (κ1) is 25.6. The summed E-state index contributed by atoms with van der Waals surface area (Å²) in [5.74, 6) is 0.977. The van der Waals surface area contributed by atoms with Crippen LogP contribution in [0.4, 0.5) is 4.79 Å². The third kappa shape index (κ3) is 5.56. The van der Waals surface area contributed by atoms with Crippen LogP contribution in [0.2, 0.25) is 0 Å². The van der Waals surface area contributed by atoms with Gasteiger partial charge in [-0.1, -0.05) is 49.4 Å². The molecular formula is C24H30N4O4S2. The molecule has 1 unspecified atom stereocenters. The molecule has 8 nitrogen and oxygen atoms in total. The van der Waals surface area contributed by atoms with Gasteiger partial charge in [0, 0.05) is 25.6 Å². The first-order valence-corrected chi connectivity index (χ1v) is 13.0. The first-order valence-electron chi connectivity index (χ1n) is 11.1. The first-order chi connectivity index (χ1) is 16.1. The second-order valence-electron chi connectivity index (χ2n) is 8.11. The summed E-state index contributed by atoms with van der Waals surface area (Å²) in [5, 5.41) is 2.76. The maximum Gasteiger partial charge on any atom is 0.328 e. The van der Waals surface area contributed by atoms with Gasteiger partial charge >= 0.3 is 6.03 Å². The average molecular weight is 503 g/mol. The smallest absolute Gasteiger partial charge is 0.328 e. The minimum absolute atomic E-state index is 0.0338. The minimum Gasteiger partial charge on any atom is -0.485 e. The van der Waals surface area contributed by atoms with Crippen LogP contribution in [0.1, 0.15) is 32.8 Å². The monoisotopic (exact) mass is 502 g/mol. The fourth-order valence-corrected chi connectivity index (χ4v) is 5.30. The Balaban J connectivity index is 1.82. The molecule has 0 aliphatic carbocycles. The Morgan fingerprint density at radius 2 is 1.85 bits per heavy atom. The highest BCUT2D eigenvalue weighted by Gasteiger charge is 2.39. The van der Waals surface area contributed by atoms with Crippen LogP contribution in [0.3, 0.4) is 0 Å². The number of nitrogens with zero attached hydrogens (tertiary/aromatic N) is 2. The van der Waals surface area contributed by atoms with Gasteiger partial charge in [0.2, 0.25) is 0 Å². The van der Waals surface area contributed by atoms with Crippen molar-refractivity contribution in [3.8, 4) is 11.1 Å². The standard InChI is InChI=1S/C24H30N4O4S2/c1-5-21-26-24(3,22(33)32-6-2)16-28(21)15-17-11-13-18(14-12-17)19-9-7-8-10-20(19)34(30,31)27-23(29)25-4/h7-14H,5-6,15-16H2,1-4H3,(H2,25,27,29). The van der Waals surface area contributed by atoms with Gasteiger partial charge in [0.1, 0.15) is 11.4 Å². The predicted molar refractivity (Wildman–Crippen MR) is 137 cm³/mol. The number of hydrogen-bond acceptors (Lipinski definition) is 7. The van der Waals surface area contributed by atoms with Gasteiger partial charge < -0.3 is 15.0 Å². The van der Waals surface area contributed by atoms with Crippen molar-refractivity contribution in [2.45, 2.75) is 44.2 Å². The molecule has 182 valence electrons. The predicted octanol–water partition coefficient (Wildman–Crippen LogP) is 3.72. The number of carbonyl (C=O) groups is 1. The van der Waals surface area contributed by atoms with E-state index in [0.29, 0.717) is 30.3 Å². The number of amides is 2. The maximum atomic E-state index is 12.7. The summed E-state index contributed by atoms with van der Waals surface area (Å²) in [6.07, 6.45) is 0.784. The van der Waals surface area contributed by atoms with E-state index < -0.39 is 21.6 Å². The third-order valence-electron chi connectivity index (χ3n) is 5.54. The molecule has 1 heterocycles. The summed E-state index contributed by atoms with van der Waals surface area (Å²) >= 11 is 5.46. The van der Waals surface area contributed by atoms with E-state index in [1.54, 1.807) is 18.2 Å². The van der Waals surface area contributed by atoms with E-state index in [4.69, 9.17) is 21.9 Å². The van der Waals surface area contributed by atoms with E-state index >= 15 is 0 Å². The molecule has 0 bridgehead atoms. The highest BCUT2D eigenvalue weighted by atomic mass is 32.2. The molecule has 3 rings (SSSR count). The molecule has 0 spiro atoms. The van der Waals surface area contributed by atoms with Crippen LogP contribution in [0.15, 0.2) is 58.4 Å². The highest BCUT2D eigenvalue weighted by molar-refractivity contribution is 7.90. The Kier molecular flexibility index (Phi) is 7.93. The lowest BCUT2D eigenvalue weighted by molar-refractivity contribution is 0.248. The van der Waals surface area contributed by atoms with E-state index in [9.17, 15) is 13.2 Å². The van der Waals surface area contributed by atoms with Crippen LogP contribution in [-0.4, -0.2) is 56.0 Å². The molecule has 2 aromatic rings. The molecule has 0 fully saturated rings. The number of nitrogens with one attached hydrogen (secondary N) is 2. The minimum atomic E-state index is -4.03. The molecule has 0 saturated carbocycles. The molecule has 2 aromatic carbocycles. The van der Waals surface area contributed by atoms with E-state index in [-0.39, 0.29) is 4.90 Å². The number of benzene rings is 2. The van der Waals surface area contributed by atoms with E-state index in [1.807, 2.05) is 42.8 Å². The summed E-state index contributed by atoms with van der Waals surface area (Å²) in [6, 6.07) is 13.5. The van der Waals surface area contributed by atoms with Gasteiger partial charge in [-0.2, -0.15) is 0 Å². The van der Waals surface area contributed by atoms with Gasteiger partial charge in [-0.25, -0.2) is 17.9 Å². The maximum absolute atomic E-state index is 12.7. The van der Waals surface area contributed by atoms with Crippen molar-refractivity contribution in [1.29, 1.82) is 0 Å². The van der Waals surface area contributed by atoms with E-state index in [1.165, 1.54) is 13.1 Å². The summed E-state index contributed by atoms with van der Waals surface area (Å²) in [5.41, 5.74) is 1.74. The topological polar surface area (TPSA) is 100 Å². The summed E-state index contributed by atoms with van der Waals surface area (Å²) in [4.78, 5) is 18.7. The molecule has 2 N–H and O–H groups in total. The van der Waals surface area contributed by atoms with Crippen LogP contribution >= 0.6 is 12.2 Å². The number of aliphatic imine (C=N–C) groups is 1. The largest absolute Gasteiger partial charge is 0.485 e. The van der Waals surface area contributed by atoms with Gasteiger partial charge in [-0.3, -0.25) is 4.99 Å². The van der Waals surface area contributed by atoms with Crippen LogP contribution in [0.25, 0.3) is 11.1 Å². The Labute approximate surface area is 206 Å². The van der Waals surface area contributed by atoms with E-state index in [0.717, 1.165) is 23.4 Å². The number of sulfonamides is 1. The Morgan fingerprint density at radius 1 is 1.18 bits per heavy atom. The van der Waals surface area contributed by atoms with Crippen LogP contribution in [0.5, 0.6) is 0 Å². The zero-order chi connectivity index (χ0) is 24.9. The van der Waals surface area contributed by atoms with Crippen molar-refractivity contribution in [1.82, 2.24) is 14.9 Å². The normalized spacial score (nSPS) is 17.8.